The predicted octanol–water partition coefficient (Wildman–Crippen LogP) is 4.06. The van der Waals surface area contributed by atoms with Gasteiger partial charge in [-0.05, 0) is 43.5 Å². The average Bonchev–Trinajstić information content (AvgIpc) is 2.34. The van der Waals surface area contributed by atoms with Crippen LogP contribution in [0.25, 0.3) is 0 Å². The molecule has 0 heterocycles. The lowest BCUT2D eigenvalue weighted by molar-refractivity contribution is 0.273. The molecule has 93 valence electrons. The maximum absolute atomic E-state index is 13.2. The molecular weight excluding hydrogens is 237 g/mol. The Balaban J connectivity index is 2.34. The van der Waals surface area contributed by atoms with E-state index in [0.717, 1.165) is 24.9 Å². The van der Waals surface area contributed by atoms with E-state index in [2.05, 4.69) is 18.7 Å². The Morgan fingerprint density at radius 2 is 2.29 bits per heavy atom. The van der Waals surface area contributed by atoms with E-state index in [9.17, 15) is 4.39 Å². The highest BCUT2D eigenvalue weighted by Crippen LogP contribution is 2.37. The van der Waals surface area contributed by atoms with Gasteiger partial charge in [-0.15, -0.1) is 0 Å². The van der Waals surface area contributed by atoms with Crippen LogP contribution < -0.4 is 5.32 Å². The first-order valence-electron chi connectivity index (χ1n) is 6.20. The van der Waals surface area contributed by atoms with Gasteiger partial charge in [0.2, 0.25) is 0 Å². The maximum Gasteiger partial charge on any atom is 0.141 e. The zero-order valence-corrected chi connectivity index (χ0v) is 10.9. The summed E-state index contributed by atoms with van der Waals surface area (Å²) in [6, 6.07) is 5.08. The molecule has 1 unspecified atom stereocenters. The Hall–Kier alpha value is -0.600. The molecule has 0 saturated heterocycles. The molecule has 0 aliphatic heterocycles. The quantitative estimate of drug-likeness (QED) is 0.858. The monoisotopic (exact) mass is 254 g/mol. The minimum absolute atomic E-state index is 0.0512. The van der Waals surface area contributed by atoms with Crippen LogP contribution in [0.5, 0.6) is 0 Å². The fraction of sp³-hybridized carbons (Fsp3) is 0.500. The topological polar surface area (TPSA) is 12.0 Å². The normalized spacial score (nSPS) is 19.2. The molecule has 17 heavy (non-hydrogen) atoms. The van der Waals surface area contributed by atoms with Gasteiger partial charge < -0.3 is 5.32 Å². The third-order valence-electron chi connectivity index (χ3n) is 3.49. The summed E-state index contributed by atoms with van der Waals surface area (Å²) < 4.78 is 13.2. The molecule has 3 heteroatoms. The second-order valence-corrected chi connectivity index (χ2v) is 5.03. The van der Waals surface area contributed by atoms with Crippen LogP contribution in [-0.4, -0.2) is 6.54 Å². The second kappa shape index (κ2) is 5.36. The van der Waals surface area contributed by atoms with Gasteiger partial charge in [0.15, 0.2) is 0 Å². The van der Waals surface area contributed by atoms with Crippen LogP contribution in [-0.2, 0) is 5.54 Å². The van der Waals surface area contributed by atoms with E-state index < -0.39 is 0 Å². The van der Waals surface area contributed by atoms with Gasteiger partial charge in [-0.25, -0.2) is 4.39 Å². The number of nitrogens with one attached hydrogen (secondary N) is 1. The van der Waals surface area contributed by atoms with Crippen molar-refractivity contribution in [2.24, 2.45) is 0 Å². The van der Waals surface area contributed by atoms with Crippen LogP contribution in [0, 0.1) is 12.2 Å². The van der Waals surface area contributed by atoms with E-state index in [4.69, 9.17) is 11.6 Å². The van der Waals surface area contributed by atoms with E-state index >= 15 is 0 Å². The van der Waals surface area contributed by atoms with Crippen molar-refractivity contribution in [2.45, 2.75) is 38.1 Å². The van der Waals surface area contributed by atoms with Gasteiger partial charge in [0.05, 0.1) is 5.02 Å². The number of hydrogen-bond donors (Lipinski definition) is 1. The Morgan fingerprint density at radius 3 is 2.88 bits per heavy atom. The Labute approximate surface area is 107 Å². The molecule has 1 aromatic rings. The van der Waals surface area contributed by atoms with Crippen molar-refractivity contribution < 1.29 is 4.39 Å². The summed E-state index contributed by atoms with van der Waals surface area (Å²) in [5.74, 6) is -0.346. The van der Waals surface area contributed by atoms with E-state index in [-0.39, 0.29) is 16.4 Å². The highest BCUT2D eigenvalue weighted by atomic mass is 35.5. The van der Waals surface area contributed by atoms with Crippen molar-refractivity contribution in [1.29, 1.82) is 0 Å². The third kappa shape index (κ3) is 2.63. The summed E-state index contributed by atoms with van der Waals surface area (Å²) in [7, 11) is 0. The zero-order chi connectivity index (χ0) is 12.3. The summed E-state index contributed by atoms with van der Waals surface area (Å²) in [5.41, 5.74) is 1.05. The molecule has 0 spiro atoms. The first kappa shape index (κ1) is 12.8. The van der Waals surface area contributed by atoms with Crippen LogP contribution in [0.15, 0.2) is 18.2 Å². The minimum Gasteiger partial charge on any atom is -0.308 e. The Bertz CT molecular complexity index is 380. The van der Waals surface area contributed by atoms with E-state index in [1.807, 2.05) is 6.07 Å². The molecule has 0 amide bonds. The lowest BCUT2D eigenvalue weighted by Crippen LogP contribution is -2.44. The standard InChI is InChI=1S/C14H18ClFN/c1-2-17-14(8-4-3-5-9-14)11-6-7-13(16)12(15)10-11/h4,6-7,10,17H,2-3,5,8-9H2,1H3. The highest BCUT2D eigenvalue weighted by Gasteiger charge is 2.33. The van der Waals surface area contributed by atoms with Gasteiger partial charge in [-0.2, -0.15) is 0 Å². The van der Waals surface area contributed by atoms with Gasteiger partial charge in [-0.1, -0.05) is 37.4 Å². The molecule has 0 bridgehead atoms. The van der Waals surface area contributed by atoms with E-state index in [1.54, 1.807) is 6.07 Å². The molecule has 1 fully saturated rings. The molecule has 1 N–H and O–H groups in total. The SMILES string of the molecule is CCNC1(c2ccc(F)c(Cl)c2)C[CH]CCC1. The maximum atomic E-state index is 13.2. The molecule has 1 aliphatic carbocycles. The molecule has 1 saturated carbocycles. The Kier molecular flexibility index (Phi) is 4.05. The number of halogens is 2. The van der Waals surface area contributed by atoms with Gasteiger partial charge >= 0.3 is 0 Å². The van der Waals surface area contributed by atoms with Crippen molar-refractivity contribution in [3.8, 4) is 0 Å². The number of rotatable bonds is 3. The summed E-state index contributed by atoms with van der Waals surface area (Å²) in [4.78, 5) is 0. The molecule has 0 aromatic heterocycles. The fourth-order valence-electron chi connectivity index (χ4n) is 2.66. The second-order valence-electron chi connectivity index (χ2n) is 4.63. The lowest BCUT2D eigenvalue weighted by Gasteiger charge is -2.38. The van der Waals surface area contributed by atoms with Crippen LogP contribution >= 0.6 is 11.6 Å². The first-order chi connectivity index (χ1) is 8.18. The van der Waals surface area contributed by atoms with Crippen molar-refractivity contribution in [2.75, 3.05) is 6.54 Å². The molecule has 2 rings (SSSR count). The van der Waals surface area contributed by atoms with Crippen molar-refractivity contribution in [3.63, 3.8) is 0 Å². The minimum atomic E-state index is -0.346. The Morgan fingerprint density at radius 1 is 1.47 bits per heavy atom. The van der Waals surface area contributed by atoms with Crippen LogP contribution in [0.3, 0.4) is 0 Å². The van der Waals surface area contributed by atoms with Crippen LogP contribution in [0.4, 0.5) is 4.39 Å². The van der Waals surface area contributed by atoms with Crippen molar-refractivity contribution >= 4 is 11.6 Å². The van der Waals surface area contributed by atoms with Crippen molar-refractivity contribution in [3.05, 3.63) is 41.0 Å². The van der Waals surface area contributed by atoms with Gasteiger partial charge in [0, 0.05) is 5.54 Å². The largest absolute Gasteiger partial charge is 0.308 e. The summed E-state index contributed by atoms with van der Waals surface area (Å²) in [6.45, 7) is 3.00. The smallest absolute Gasteiger partial charge is 0.141 e. The summed E-state index contributed by atoms with van der Waals surface area (Å²) in [6.07, 6.45) is 6.72. The lowest BCUT2D eigenvalue weighted by atomic mass is 9.76. The highest BCUT2D eigenvalue weighted by molar-refractivity contribution is 6.30. The van der Waals surface area contributed by atoms with Gasteiger partial charge in [0.25, 0.3) is 0 Å². The molecular formula is C14H18ClFN. The number of benzene rings is 1. The zero-order valence-electron chi connectivity index (χ0n) is 10.1. The third-order valence-corrected chi connectivity index (χ3v) is 3.78. The molecule has 1 atom stereocenters. The number of hydrogen-bond acceptors (Lipinski definition) is 1. The molecule has 1 aromatic carbocycles. The van der Waals surface area contributed by atoms with Crippen LogP contribution in [0.2, 0.25) is 5.02 Å². The predicted molar refractivity (Wildman–Crippen MR) is 69.5 cm³/mol. The first-order valence-corrected chi connectivity index (χ1v) is 6.58. The van der Waals surface area contributed by atoms with Gasteiger partial charge in [0.1, 0.15) is 5.82 Å². The average molecular weight is 255 g/mol. The van der Waals surface area contributed by atoms with E-state index in [1.165, 1.54) is 18.9 Å². The van der Waals surface area contributed by atoms with Gasteiger partial charge in [-0.3, -0.25) is 0 Å². The summed E-state index contributed by atoms with van der Waals surface area (Å²) in [5, 5.41) is 3.76. The van der Waals surface area contributed by atoms with Crippen LogP contribution in [0.1, 0.15) is 38.2 Å². The molecule has 1 nitrogen and oxygen atoms in total. The van der Waals surface area contributed by atoms with Crippen molar-refractivity contribution in [1.82, 2.24) is 5.32 Å². The summed E-state index contributed by atoms with van der Waals surface area (Å²) >= 11 is 5.88. The van der Waals surface area contributed by atoms with E-state index in [0.29, 0.717) is 0 Å². The molecule has 1 radical (unpaired) electrons. The molecule has 1 aliphatic rings. The fourth-order valence-corrected chi connectivity index (χ4v) is 2.84.